The Kier molecular flexibility index (Phi) is 13.4. The highest BCUT2D eigenvalue weighted by atomic mass is 15.1. The lowest BCUT2D eigenvalue weighted by atomic mass is 9.81. The molecule has 14 rings (SSSR count). The van der Waals surface area contributed by atoms with Gasteiger partial charge in [0.15, 0.2) is 0 Å². The van der Waals surface area contributed by atoms with Crippen LogP contribution in [0.3, 0.4) is 0 Å². The molecule has 1 heterocycles. The van der Waals surface area contributed by atoms with Gasteiger partial charge in [0.05, 0.1) is 11.0 Å². The first-order valence-electron chi connectivity index (χ1n) is 30.9. The molecule has 0 bridgehead atoms. The molecule has 2 aliphatic rings. The van der Waals surface area contributed by atoms with Crippen LogP contribution >= 0.6 is 0 Å². The number of nitrogens with zero attached hydrogens (tertiary/aromatic N) is 3. The second kappa shape index (κ2) is 21.1. The molecule has 0 saturated heterocycles. The maximum atomic E-state index is 2.42. The first-order chi connectivity index (χ1) is 41.9. The van der Waals surface area contributed by atoms with Crippen LogP contribution in [0.5, 0.6) is 0 Å². The number of rotatable bonds is 11. The third-order valence-corrected chi connectivity index (χ3v) is 18.7. The number of hydrogen-bond donors (Lipinski definition) is 0. The van der Waals surface area contributed by atoms with E-state index in [9.17, 15) is 0 Å². The Balaban J connectivity index is 0.752. The number of para-hydroxylation sites is 3. The molecule has 2 aliphatic carbocycles. The van der Waals surface area contributed by atoms with Gasteiger partial charge in [-0.15, -0.1) is 0 Å². The molecule has 0 aliphatic heterocycles. The number of fused-ring (bicyclic) bond motifs is 9. The van der Waals surface area contributed by atoms with Crippen LogP contribution in [0.2, 0.25) is 0 Å². The van der Waals surface area contributed by atoms with E-state index in [1.807, 2.05) is 0 Å². The van der Waals surface area contributed by atoms with Crippen molar-refractivity contribution in [2.24, 2.45) is 0 Å². The van der Waals surface area contributed by atoms with Crippen molar-refractivity contribution in [1.82, 2.24) is 4.57 Å². The van der Waals surface area contributed by atoms with Crippen LogP contribution in [0.1, 0.15) is 125 Å². The van der Waals surface area contributed by atoms with E-state index in [0.29, 0.717) is 0 Å². The number of aromatic nitrogens is 1. The maximum absolute atomic E-state index is 2.42. The van der Waals surface area contributed by atoms with Gasteiger partial charge in [-0.25, -0.2) is 0 Å². The number of hydrogen-bond acceptors (Lipinski definition) is 2. The summed E-state index contributed by atoms with van der Waals surface area (Å²) in [5, 5.41) is 2.46. The fourth-order valence-electron chi connectivity index (χ4n) is 13.7. The van der Waals surface area contributed by atoms with Gasteiger partial charge in [-0.05, 0) is 198 Å². The summed E-state index contributed by atoms with van der Waals surface area (Å²) in [5.41, 5.74) is 28.2. The van der Waals surface area contributed by atoms with E-state index in [1.54, 1.807) is 0 Å². The molecule has 0 fully saturated rings. The first-order valence-corrected chi connectivity index (χ1v) is 30.9. The van der Waals surface area contributed by atoms with Crippen LogP contribution in [0, 0.1) is 0 Å². The molecule has 0 atom stereocenters. The van der Waals surface area contributed by atoms with Gasteiger partial charge in [0.1, 0.15) is 0 Å². The van der Waals surface area contributed by atoms with Crippen LogP contribution in [0.25, 0.3) is 74.1 Å². The normalized spacial score (nSPS) is 14.0. The molecule has 0 unspecified atom stereocenters. The highest BCUT2D eigenvalue weighted by molar-refractivity contribution is 6.11. The van der Waals surface area contributed by atoms with E-state index >= 15 is 0 Å². The summed E-state index contributed by atoms with van der Waals surface area (Å²) in [4.78, 5) is 4.78. The zero-order chi connectivity index (χ0) is 60.0. The van der Waals surface area contributed by atoms with Crippen LogP contribution in [-0.2, 0) is 21.7 Å². The highest BCUT2D eigenvalue weighted by Gasteiger charge is 2.38. The van der Waals surface area contributed by atoms with Gasteiger partial charge in [0.25, 0.3) is 0 Å². The van der Waals surface area contributed by atoms with Crippen molar-refractivity contribution in [3.63, 3.8) is 0 Å². The van der Waals surface area contributed by atoms with Gasteiger partial charge in [-0.1, -0.05) is 233 Å². The lowest BCUT2D eigenvalue weighted by Gasteiger charge is -2.29. The summed E-state index contributed by atoms with van der Waals surface area (Å²) in [6.07, 6.45) is 9.14. The third-order valence-electron chi connectivity index (χ3n) is 18.7. The summed E-state index contributed by atoms with van der Waals surface area (Å²) >= 11 is 0. The van der Waals surface area contributed by atoms with Crippen LogP contribution in [0.15, 0.2) is 249 Å². The molecular formula is C84H75N3. The Morgan fingerprint density at radius 3 is 0.966 bits per heavy atom. The molecule has 12 aromatic rings. The predicted octanol–water partition coefficient (Wildman–Crippen LogP) is 23.3. The van der Waals surface area contributed by atoms with E-state index < -0.39 is 0 Å². The second-order valence-electron chi connectivity index (χ2n) is 27.1. The van der Waals surface area contributed by atoms with Gasteiger partial charge in [0, 0.05) is 61.4 Å². The van der Waals surface area contributed by atoms with Crippen LogP contribution < -0.4 is 9.80 Å². The smallest absolute Gasteiger partial charge is 0.0541 e. The van der Waals surface area contributed by atoms with Crippen molar-refractivity contribution in [3.05, 3.63) is 304 Å². The van der Waals surface area contributed by atoms with Gasteiger partial charge in [-0.2, -0.15) is 0 Å². The maximum Gasteiger partial charge on any atom is 0.0541 e. The summed E-state index contributed by atoms with van der Waals surface area (Å²) in [6.45, 7) is 23.2. The topological polar surface area (TPSA) is 11.4 Å². The minimum absolute atomic E-state index is 0.0793. The standard InChI is InChI=1S/C84H75N3/c1-81(2,3)60-34-38-65(39-35-60)85(62-20-14-11-15-21-62)67-42-46-71-69-44-30-58(52-75(69)83(7,8)77(71)54-67)28-26-56-32-48-79-73(50-56)74-51-57(33-49-80(74)87(79)64-24-18-13-19-25-64)27-29-59-31-45-70-72-47-43-68(55-78(72)84(9,10)76(70)53-59)86(63-22-16-12-17-23-63)66-40-36-61(37-41-66)82(4,5)6/h11-55H,1-10H3. The Morgan fingerprint density at radius 1 is 0.299 bits per heavy atom. The largest absolute Gasteiger partial charge is 0.310 e. The SMILES string of the molecule is CC(C)(C)c1ccc(N(c2ccccc2)c2ccc3c(c2)C(C)(C)c2cc(C=Cc4ccc5c(c4)c4cc(C=Cc6ccc7c(c6)C(C)(C)c6cc(N(c8ccccc8)c8ccc(C(C)(C)C)cc8)ccc6-7)ccc4n5-c4ccccc4)ccc2-3)cc1. The van der Waals surface area contributed by atoms with E-state index in [1.165, 1.54) is 88.6 Å². The molecule has 0 spiro atoms. The molecule has 0 amide bonds. The molecule has 1 aromatic heterocycles. The molecule has 0 N–H and O–H groups in total. The van der Waals surface area contributed by atoms with Crippen LogP contribution in [0.4, 0.5) is 34.1 Å². The lowest BCUT2D eigenvalue weighted by molar-refractivity contribution is 0.590. The lowest BCUT2D eigenvalue weighted by Crippen LogP contribution is -2.17. The summed E-state index contributed by atoms with van der Waals surface area (Å²) in [6, 6.07) is 92.5. The first kappa shape index (κ1) is 55.2. The van der Waals surface area contributed by atoms with E-state index in [0.717, 1.165) is 50.9 Å². The molecule has 0 radical (unpaired) electrons. The monoisotopic (exact) mass is 1130 g/mol. The zero-order valence-corrected chi connectivity index (χ0v) is 51.8. The van der Waals surface area contributed by atoms with E-state index in [-0.39, 0.29) is 21.7 Å². The molecule has 3 nitrogen and oxygen atoms in total. The average molecular weight is 1130 g/mol. The summed E-state index contributed by atoms with van der Waals surface area (Å²) in [7, 11) is 0. The van der Waals surface area contributed by atoms with E-state index in [4.69, 9.17) is 0 Å². The molecular weight excluding hydrogens is 1050 g/mol. The summed E-state index contributed by atoms with van der Waals surface area (Å²) in [5.74, 6) is 0. The highest BCUT2D eigenvalue weighted by Crippen LogP contribution is 2.53. The third kappa shape index (κ3) is 9.90. The Hall–Kier alpha value is -9.70. The Bertz CT molecular complexity index is 4380. The Labute approximate surface area is 514 Å². The van der Waals surface area contributed by atoms with Crippen molar-refractivity contribution in [2.75, 3.05) is 9.80 Å². The average Bonchev–Trinajstić information content (AvgIpc) is 1.67. The molecule has 0 saturated carbocycles. The van der Waals surface area contributed by atoms with Crippen molar-refractivity contribution in [1.29, 1.82) is 0 Å². The van der Waals surface area contributed by atoms with Gasteiger partial charge < -0.3 is 14.4 Å². The molecule has 3 heteroatoms. The van der Waals surface area contributed by atoms with E-state index in [2.05, 4.69) is 357 Å². The van der Waals surface area contributed by atoms with Gasteiger partial charge >= 0.3 is 0 Å². The second-order valence-corrected chi connectivity index (χ2v) is 27.1. The quantitative estimate of drug-likeness (QED) is 0.120. The van der Waals surface area contributed by atoms with Crippen molar-refractivity contribution in [3.8, 4) is 27.9 Å². The van der Waals surface area contributed by atoms with Gasteiger partial charge in [-0.3, -0.25) is 0 Å². The number of anilines is 6. The zero-order valence-electron chi connectivity index (χ0n) is 51.8. The van der Waals surface area contributed by atoms with Crippen molar-refractivity contribution in [2.45, 2.75) is 90.9 Å². The summed E-state index contributed by atoms with van der Waals surface area (Å²) < 4.78 is 2.41. The fourth-order valence-corrected chi connectivity index (χ4v) is 13.7. The minimum atomic E-state index is -0.201. The fraction of sp³-hybridized carbons (Fsp3) is 0.167. The Morgan fingerprint density at radius 2 is 0.598 bits per heavy atom. The predicted molar refractivity (Wildman–Crippen MR) is 373 cm³/mol. The van der Waals surface area contributed by atoms with Crippen molar-refractivity contribution >= 4 is 80.2 Å². The molecule has 11 aromatic carbocycles. The number of benzene rings is 11. The van der Waals surface area contributed by atoms with Gasteiger partial charge in [0.2, 0.25) is 0 Å². The minimum Gasteiger partial charge on any atom is -0.310 e. The van der Waals surface area contributed by atoms with Crippen LogP contribution in [-0.4, -0.2) is 4.57 Å². The molecule has 426 valence electrons. The molecule has 87 heavy (non-hydrogen) atoms. The van der Waals surface area contributed by atoms with Crippen molar-refractivity contribution < 1.29 is 0 Å².